The molecule has 0 aromatic heterocycles. The van der Waals surface area contributed by atoms with Gasteiger partial charge in [0.05, 0.1) is 5.25 Å². The Balaban J connectivity index is 2.04. The molecular weight excluding hydrogens is 232 g/mol. The number of amides is 1. The normalized spacial score (nSPS) is 22.0. The van der Waals surface area contributed by atoms with Crippen molar-refractivity contribution in [2.75, 3.05) is 13.1 Å². The highest BCUT2D eigenvalue weighted by atomic mass is 32.2. The van der Waals surface area contributed by atoms with Crippen LogP contribution in [0.5, 0.6) is 0 Å². The van der Waals surface area contributed by atoms with E-state index in [1.807, 2.05) is 24.3 Å². The molecule has 91 valence electrons. The highest BCUT2D eigenvalue weighted by Crippen LogP contribution is 2.30. The zero-order valence-electron chi connectivity index (χ0n) is 9.69. The van der Waals surface area contributed by atoms with E-state index in [9.17, 15) is 4.79 Å². The third-order valence-corrected chi connectivity index (χ3v) is 4.41. The Hall–Kier alpha value is -1.00. The molecule has 0 aliphatic carbocycles. The van der Waals surface area contributed by atoms with Crippen LogP contribution in [-0.2, 0) is 4.79 Å². The van der Waals surface area contributed by atoms with E-state index in [1.165, 1.54) is 0 Å². The zero-order chi connectivity index (χ0) is 12.1. The molecule has 1 aliphatic heterocycles. The van der Waals surface area contributed by atoms with Crippen LogP contribution in [-0.4, -0.2) is 24.2 Å². The quantitative estimate of drug-likeness (QED) is 0.794. The van der Waals surface area contributed by atoms with Crippen LogP contribution in [0.15, 0.2) is 29.2 Å². The van der Waals surface area contributed by atoms with Gasteiger partial charge in [0.1, 0.15) is 0 Å². The van der Waals surface area contributed by atoms with Crippen LogP contribution in [0.1, 0.15) is 12.8 Å². The number of piperidine rings is 1. The van der Waals surface area contributed by atoms with Crippen molar-refractivity contribution in [3.8, 4) is 0 Å². The molecule has 2 atom stereocenters. The summed E-state index contributed by atoms with van der Waals surface area (Å²) in [5.41, 5.74) is 5.52. The Morgan fingerprint density at radius 3 is 2.88 bits per heavy atom. The molecule has 0 saturated carbocycles. The van der Waals surface area contributed by atoms with Crippen molar-refractivity contribution in [1.29, 1.82) is 0 Å². The van der Waals surface area contributed by atoms with E-state index in [2.05, 4.69) is 11.4 Å². The van der Waals surface area contributed by atoms with Gasteiger partial charge in [-0.1, -0.05) is 12.1 Å². The fourth-order valence-electron chi connectivity index (χ4n) is 2.12. The summed E-state index contributed by atoms with van der Waals surface area (Å²) >= 11 is 1.57. The van der Waals surface area contributed by atoms with Crippen LogP contribution in [0.25, 0.3) is 0 Å². The van der Waals surface area contributed by atoms with E-state index in [0.29, 0.717) is 5.92 Å². The second-order valence-corrected chi connectivity index (χ2v) is 5.50. The minimum atomic E-state index is -0.212. The lowest BCUT2D eigenvalue weighted by Crippen LogP contribution is -2.41. The predicted molar refractivity (Wildman–Crippen MR) is 69.7 cm³/mol. The largest absolute Gasteiger partial charge is 0.369 e. The molecule has 0 bridgehead atoms. The van der Waals surface area contributed by atoms with Crippen molar-refractivity contribution in [1.82, 2.24) is 5.32 Å². The summed E-state index contributed by atoms with van der Waals surface area (Å²) in [5, 5.41) is 3.19. The van der Waals surface area contributed by atoms with Gasteiger partial charge in [-0.2, -0.15) is 0 Å². The molecule has 1 fully saturated rings. The van der Waals surface area contributed by atoms with Gasteiger partial charge in [-0.3, -0.25) is 4.79 Å². The van der Waals surface area contributed by atoms with E-state index in [-0.39, 0.29) is 11.2 Å². The van der Waals surface area contributed by atoms with Gasteiger partial charge in [0.2, 0.25) is 5.91 Å². The Labute approximate surface area is 106 Å². The van der Waals surface area contributed by atoms with Crippen LogP contribution >= 0.6 is 11.8 Å². The van der Waals surface area contributed by atoms with Crippen LogP contribution in [0.4, 0.5) is 0 Å². The third kappa shape index (κ3) is 3.48. The van der Waals surface area contributed by atoms with Crippen LogP contribution in [0.2, 0.25) is 0 Å². The average molecular weight is 249 g/mol. The van der Waals surface area contributed by atoms with Crippen LogP contribution in [0.3, 0.4) is 0 Å². The second-order valence-electron chi connectivity index (χ2n) is 4.28. The smallest absolute Gasteiger partial charge is 0.231 e. The van der Waals surface area contributed by atoms with Crippen molar-refractivity contribution in [3.63, 3.8) is 0 Å². The molecule has 1 radical (unpaired) electrons. The minimum absolute atomic E-state index is 0.134. The molecule has 1 aromatic carbocycles. The molecule has 17 heavy (non-hydrogen) atoms. The van der Waals surface area contributed by atoms with Crippen molar-refractivity contribution < 1.29 is 4.79 Å². The molecule has 3 N–H and O–H groups in total. The monoisotopic (exact) mass is 249 g/mol. The molecule has 1 heterocycles. The van der Waals surface area contributed by atoms with Crippen molar-refractivity contribution >= 4 is 17.7 Å². The van der Waals surface area contributed by atoms with E-state index < -0.39 is 0 Å². The van der Waals surface area contributed by atoms with Crippen LogP contribution in [0, 0.1) is 12.0 Å². The number of nitrogens with two attached hydrogens (primary N) is 1. The van der Waals surface area contributed by atoms with Gasteiger partial charge in [0, 0.05) is 4.90 Å². The maximum absolute atomic E-state index is 11.6. The first-order valence-corrected chi connectivity index (χ1v) is 6.78. The number of benzene rings is 1. The lowest BCUT2D eigenvalue weighted by atomic mass is 9.95. The number of hydrogen-bond acceptors (Lipinski definition) is 3. The first-order valence-electron chi connectivity index (χ1n) is 5.90. The molecule has 3 nitrogen and oxygen atoms in total. The third-order valence-electron chi connectivity index (χ3n) is 2.99. The lowest BCUT2D eigenvalue weighted by molar-refractivity contribution is -0.118. The predicted octanol–water partition coefficient (Wildman–Crippen LogP) is 1.43. The average Bonchev–Trinajstić information content (AvgIpc) is 2.38. The SMILES string of the molecule is NC(=O)C(Sc1cc[c]cc1)C1CCCNC1. The van der Waals surface area contributed by atoms with E-state index in [0.717, 1.165) is 30.8 Å². The Morgan fingerprint density at radius 2 is 2.29 bits per heavy atom. The lowest BCUT2D eigenvalue weighted by Gasteiger charge is -2.28. The zero-order valence-corrected chi connectivity index (χ0v) is 10.5. The van der Waals surface area contributed by atoms with Gasteiger partial charge < -0.3 is 11.1 Å². The summed E-state index contributed by atoms with van der Waals surface area (Å²) in [5.74, 6) is 0.131. The summed E-state index contributed by atoms with van der Waals surface area (Å²) in [6, 6.07) is 10.6. The number of thioether (sulfide) groups is 1. The maximum atomic E-state index is 11.6. The van der Waals surface area contributed by atoms with E-state index in [4.69, 9.17) is 5.73 Å². The number of rotatable bonds is 4. The van der Waals surface area contributed by atoms with Gasteiger partial charge in [-0.05, 0) is 50.0 Å². The fraction of sp³-hybridized carbons (Fsp3) is 0.462. The maximum Gasteiger partial charge on any atom is 0.231 e. The summed E-state index contributed by atoms with van der Waals surface area (Å²) in [7, 11) is 0. The number of primary amides is 1. The molecule has 0 spiro atoms. The van der Waals surface area contributed by atoms with Gasteiger partial charge in [0.15, 0.2) is 0 Å². The van der Waals surface area contributed by atoms with Crippen molar-refractivity contribution in [3.05, 3.63) is 30.3 Å². The highest BCUT2D eigenvalue weighted by molar-refractivity contribution is 8.00. The van der Waals surface area contributed by atoms with Gasteiger partial charge in [-0.15, -0.1) is 11.8 Å². The molecule has 2 rings (SSSR count). The van der Waals surface area contributed by atoms with Gasteiger partial charge in [-0.25, -0.2) is 0 Å². The molecule has 1 aliphatic rings. The summed E-state index contributed by atoms with van der Waals surface area (Å²) in [4.78, 5) is 12.7. The van der Waals surface area contributed by atoms with E-state index in [1.54, 1.807) is 11.8 Å². The molecule has 2 unspecified atom stereocenters. The fourth-order valence-corrected chi connectivity index (χ4v) is 3.25. The topological polar surface area (TPSA) is 55.1 Å². The highest BCUT2D eigenvalue weighted by Gasteiger charge is 2.28. The first kappa shape index (κ1) is 12.5. The second kappa shape index (κ2) is 6.07. The number of carbonyl (C=O) groups is 1. The number of nitrogens with one attached hydrogen (secondary N) is 1. The molecule has 4 heteroatoms. The summed E-state index contributed by atoms with van der Waals surface area (Å²) in [6.45, 7) is 1.94. The Kier molecular flexibility index (Phi) is 4.45. The van der Waals surface area contributed by atoms with Crippen molar-refractivity contribution in [2.24, 2.45) is 11.7 Å². The molecule has 1 amide bonds. The summed E-state index contributed by atoms with van der Waals surface area (Å²) in [6.07, 6.45) is 2.20. The standard InChI is InChI=1S/C13H17N2OS/c14-13(16)12(10-5-4-8-15-9-10)17-11-6-2-1-3-7-11/h2-3,6-7,10,12,15H,4-5,8-9H2,(H2,14,16). The van der Waals surface area contributed by atoms with Gasteiger partial charge in [0.25, 0.3) is 0 Å². The molecule has 1 aromatic rings. The molecule has 1 saturated heterocycles. The van der Waals surface area contributed by atoms with E-state index >= 15 is 0 Å². The Morgan fingerprint density at radius 1 is 1.53 bits per heavy atom. The van der Waals surface area contributed by atoms with Crippen molar-refractivity contribution in [2.45, 2.75) is 23.0 Å². The Bertz CT molecular complexity index is 363. The first-order chi connectivity index (χ1) is 8.27. The number of hydrogen-bond donors (Lipinski definition) is 2. The molecular formula is C13H17N2OS. The van der Waals surface area contributed by atoms with Crippen LogP contribution < -0.4 is 11.1 Å². The summed E-state index contributed by atoms with van der Waals surface area (Å²) < 4.78 is 0. The minimum Gasteiger partial charge on any atom is -0.369 e. The number of carbonyl (C=O) groups excluding carboxylic acids is 1. The van der Waals surface area contributed by atoms with Gasteiger partial charge >= 0.3 is 0 Å².